The van der Waals surface area contributed by atoms with Gasteiger partial charge in [0, 0.05) is 16.2 Å². The molecule has 11 rings (SSSR count). The van der Waals surface area contributed by atoms with Gasteiger partial charge in [-0.2, -0.15) is 0 Å². The van der Waals surface area contributed by atoms with Gasteiger partial charge in [0.25, 0.3) is 0 Å². The molecule has 286 valence electrons. The van der Waals surface area contributed by atoms with Crippen molar-refractivity contribution in [3.05, 3.63) is 197 Å². The van der Waals surface area contributed by atoms with E-state index in [-0.39, 0.29) is 16.2 Å². The van der Waals surface area contributed by atoms with E-state index in [0.29, 0.717) is 0 Å². The molecule has 0 radical (unpaired) electrons. The summed E-state index contributed by atoms with van der Waals surface area (Å²) in [7, 11) is 1.71. The van der Waals surface area contributed by atoms with E-state index in [1.165, 1.54) is 111 Å². The number of benzene rings is 8. The third kappa shape index (κ3) is 5.17. The van der Waals surface area contributed by atoms with Gasteiger partial charge in [-0.1, -0.05) is 151 Å². The van der Waals surface area contributed by atoms with Crippen LogP contribution in [0, 0.1) is 0 Å². The first-order valence-electron chi connectivity index (χ1n) is 21.0. The van der Waals surface area contributed by atoms with E-state index in [1.54, 1.807) is 13.4 Å². The zero-order valence-electron chi connectivity index (χ0n) is 35.0. The van der Waals surface area contributed by atoms with E-state index in [4.69, 9.17) is 4.74 Å². The fourth-order valence-electron chi connectivity index (χ4n) is 10.9. The van der Waals surface area contributed by atoms with Crippen LogP contribution >= 0.6 is 0 Å². The molecule has 1 nitrogen and oxygen atoms in total. The van der Waals surface area contributed by atoms with E-state index < -0.39 is 0 Å². The minimum Gasteiger partial charge on any atom is -0.504 e. The highest BCUT2D eigenvalue weighted by atomic mass is 16.5. The maximum Gasteiger partial charge on any atom is 0.0830 e. The van der Waals surface area contributed by atoms with Crippen molar-refractivity contribution >= 4 is 16.8 Å². The summed E-state index contributed by atoms with van der Waals surface area (Å²) in [5.74, 6) is 0. The SMILES string of the molecule is COC=Cc1cc2c(cc1-c1ccc3ccc(-c4ccc5c(c4)C(C)(C)c4cc(-c6ccc7c(c6)C(C)(C)c6ccccc6-7)ccc4-5)cc3c1)-c1ccccc1C2(C)C. The topological polar surface area (TPSA) is 9.23 Å². The van der Waals surface area contributed by atoms with Crippen LogP contribution in [0.25, 0.3) is 83.6 Å². The van der Waals surface area contributed by atoms with Crippen molar-refractivity contribution in [2.24, 2.45) is 0 Å². The molecule has 59 heavy (non-hydrogen) atoms. The van der Waals surface area contributed by atoms with Crippen molar-refractivity contribution < 1.29 is 4.74 Å². The van der Waals surface area contributed by atoms with Crippen LogP contribution in [0.5, 0.6) is 0 Å². The smallest absolute Gasteiger partial charge is 0.0830 e. The quantitative estimate of drug-likeness (QED) is 0.159. The van der Waals surface area contributed by atoms with E-state index in [1.807, 2.05) is 0 Å². The summed E-state index contributed by atoms with van der Waals surface area (Å²) < 4.78 is 5.45. The highest BCUT2D eigenvalue weighted by molar-refractivity contribution is 5.95. The normalized spacial score (nSPS) is 15.7. The lowest BCUT2D eigenvalue weighted by atomic mass is 9.80. The molecule has 0 heterocycles. The van der Waals surface area contributed by atoms with Crippen LogP contribution in [0.3, 0.4) is 0 Å². The highest BCUT2D eigenvalue weighted by Gasteiger charge is 2.38. The van der Waals surface area contributed by atoms with E-state index in [9.17, 15) is 0 Å². The molecule has 0 bridgehead atoms. The first kappa shape index (κ1) is 35.7. The number of ether oxygens (including phenoxy) is 1. The summed E-state index contributed by atoms with van der Waals surface area (Å²) >= 11 is 0. The monoisotopic (exact) mass is 760 g/mol. The summed E-state index contributed by atoms with van der Waals surface area (Å²) in [6.07, 6.45) is 3.90. The van der Waals surface area contributed by atoms with Gasteiger partial charge in [-0.05, 0) is 165 Å². The summed E-state index contributed by atoms with van der Waals surface area (Å²) in [4.78, 5) is 0. The van der Waals surface area contributed by atoms with Gasteiger partial charge in [0.1, 0.15) is 0 Å². The predicted octanol–water partition coefficient (Wildman–Crippen LogP) is 15.4. The van der Waals surface area contributed by atoms with E-state index in [0.717, 1.165) is 5.56 Å². The van der Waals surface area contributed by atoms with Crippen molar-refractivity contribution in [3.8, 4) is 66.8 Å². The minimum atomic E-state index is -0.139. The maximum atomic E-state index is 5.45. The zero-order chi connectivity index (χ0) is 40.4. The Bertz CT molecular complexity index is 3110. The summed E-state index contributed by atoms with van der Waals surface area (Å²) in [5.41, 5.74) is 24.8. The molecule has 0 amide bonds. The second-order valence-electron chi connectivity index (χ2n) is 18.5. The third-order valence-electron chi connectivity index (χ3n) is 14.2. The summed E-state index contributed by atoms with van der Waals surface area (Å²) in [6, 6.07) is 57.7. The van der Waals surface area contributed by atoms with E-state index in [2.05, 4.69) is 199 Å². The van der Waals surface area contributed by atoms with Crippen molar-refractivity contribution in [2.75, 3.05) is 7.11 Å². The highest BCUT2D eigenvalue weighted by Crippen LogP contribution is 2.54. The average Bonchev–Trinajstić information content (AvgIpc) is 3.73. The average molecular weight is 761 g/mol. The third-order valence-corrected chi connectivity index (χ3v) is 14.2. The Hall–Kier alpha value is -6.44. The molecule has 1 heteroatoms. The van der Waals surface area contributed by atoms with Crippen molar-refractivity contribution in [3.63, 3.8) is 0 Å². The second kappa shape index (κ2) is 12.5. The molecule has 0 aromatic heterocycles. The molecule has 0 aliphatic heterocycles. The molecule has 3 aliphatic carbocycles. The molecule has 3 aliphatic rings. The Morgan fingerprint density at radius 3 is 1.29 bits per heavy atom. The van der Waals surface area contributed by atoms with Crippen LogP contribution in [0.15, 0.2) is 158 Å². The lowest BCUT2D eigenvalue weighted by Gasteiger charge is -2.23. The first-order chi connectivity index (χ1) is 28.4. The van der Waals surface area contributed by atoms with Crippen LogP contribution in [-0.4, -0.2) is 7.11 Å². The Labute approximate surface area is 348 Å². The standard InChI is InChI=1S/C58H48O/c1-56(2)50-14-10-8-12-43(50)45-23-21-38(31-52(45)56)39-22-25-47-46-24-20-37(30-53(46)58(5,6)54(47)32-39)36-18-16-35-17-19-40(29-42(35)28-36)48-34-49-44-13-9-11-15-51(44)57(3,4)55(49)33-41(48)26-27-59-7/h8-34H,1-7H3. The first-order valence-corrected chi connectivity index (χ1v) is 21.0. The Morgan fingerprint density at radius 1 is 0.339 bits per heavy atom. The lowest BCUT2D eigenvalue weighted by Crippen LogP contribution is -2.15. The second-order valence-corrected chi connectivity index (χ2v) is 18.5. The lowest BCUT2D eigenvalue weighted by molar-refractivity contribution is 0.341. The number of methoxy groups -OCH3 is 1. The molecule has 8 aromatic carbocycles. The van der Waals surface area contributed by atoms with Crippen LogP contribution in [0.2, 0.25) is 0 Å². The number of hydrogen-bond donors (Lipinski definition) is 0. The largest absolute Gasteiger partial charge is 0.504 e. The summed E-state index contributed by atoms with van der Waals surface area (Å²) in [6.45, 7) is 14.2. The molecular formula is C58H48O. The molecule has 0 saturated carbocycles. The van der Waals surface area contributed by atoms with E-state index >= 15 is 0 Å². The Kier molecular flexibility index (Phi) is 7.58. The van der Waals surface area contributed by atoms with Gasteiger partial charge in [-0.15, -0.1) is 0 Å². The number of fused-ring (bicyclic) bond motifs is 10. The van der Waals surface area contributed by atoms with Crippen LogP contribution in [0.4, 0.5) is 0 Å². The van der Waals surface area contributed by atoms with Crippen LogP contribution < -0.4 is 0 Å². The molecular weight excluding hydrogens is 713 g/mol. The molecule has 0 saturated heterocycles. The molecule has 0 N–H and O–H groups in total. The van der Waals surface area contributed by atoms with Gasteiger partial charge in [0.15, 0.2) is 0 Å². The minimum absolute atomic E-state index is 0.0226. The maximum absolute atomic E-state index is 5.45. The number of rotatable bonds is 5. The molecule has 0 spiro atoms. The van der Waals surface area contributed by atoms with Crippen molar-refractivity contribution in [2.45, 2.75) is 57.8 Å². The Balaban J connectivity index is 0.951. The molecule has 0 atom stereocenters. The zero-order valence-corrected chi connectivity index (χ0v) is 35.0. The fourth-order valence-corrected chi connectivity index (χ4v) is 10.9. The van der Waals surface area contributed by atoms with Crippen LogP contribution in [-0.2, 0) is 21.0 Å². The molecule has 0 fully saturated rings. The van der Waals surface area contributed by atoms with Gasteiger partial charge in [0.05, 0.1) is 13.4 Å². The predicted molar refractivity (Wildman–Crippen MR) is 249 cm³/mol. The van der Waals surface area contributed by atoms with Gasteiger partial charge < -0.3 is 4.74 Å². The summed E-state index contributed by atoms with van der Waals surface area (Å²) in [5, 5.41) is 2.47. The number of hydrogen-bond acceptors (Lipinski definition) is 1. The van der Waals surface area contributed by atoms with Gasteiger partial charge >= 0.3 is 0 Å². The molecule has 8 aromatic rings. The van der Waals surface area contributed by atoms with Crippen molar-refractivity contribution in [1.82, 2.24) is 0 Å². The van der Waals surface area contributed by atoms with Gasteiger partial charge in [0.2, 0.25) is 0 Å². The van der Waals surface area contributed by atoms with Crippen molar-refractivity contribution in [1.29, 1.82) is 0 Å². The molecule has 0 unspecified atom stereocenters. The fraction of sp³-hybridized carbons (Fsp3) is 0.172. The van der Waals surface area contributed by atoms with Crippen LogP contribution in [0.1, 0.15) is 80.5 Å². The van der Waals surface area contributed by atoms with Gasteiger partial charge in [-0.3, -0.25) is 0 Å². The van der Waals surface area contributed by atoms with Gasteiger partial charge in [-0.25, -0.2) is 0 Å². The Morgan fingerprint density at radius 2 is 0.746 bits per heavy atom.